The van der Waals surface area contributed by atoms with Crippen molar-refractivity contribution in [3.8, 4) is 11.5 Å². The molecule has 0 unspecified atom stereocenters. The molecule has 0 aliphatic rings. The third-order valence-electron chi connectivity index (χ3n) is 4.72. The van der Waals surface area contributed by atoms with E-state index in [1.165, 1.54) is 0 Å². The van der Waals surface area contributed by atoms with E-state index in [1.807, 2.05) is 24.3 Å². The summed E-state index contributed by atoms with van der Waals surface area (Å²) in [6.07, 6.45) is 0. The Bertz CT molecular complexity index is 1060. The Balaban J connectivity index is 1.84. The molecule has 6 nitrogen and oxygen atoms in total. The van der Waals surface area contributed by atoms with Gasteiger partial charge in [0.05, 0.1) is 47.7 Å². The highest BCUT2D eigenvalue weighted by molar-refractivity contribution is 6.04. The summed E-state index contributed by atoms with van der Waals surface area (Å²) in [5.74, 6) is 1.38. The van der Waals surface area contributed by atoms with E-state index < -0.39 is 0 Å². The standard InChI is InChI=1S/C23H32N2O4/c1-24(2,3)11-13-27-17-7-9-19-20-10-8-18(28-14-12-25(4,5)6)16-22(20)29-23(26)21(19)15-17/h7-10,15-16H,11-14H2,1-6H3/q+2. The summed E-state index contributed by atoms with van der Waals surface area (Å²) >= 11 is 0. The zero-order valence-electron chi connectivity index (χ0n) is 18.3. The van der Waals surface area contributed by atoms with Crippen LogP contribution in [0.1, 0.15) is 0 Å². The molecule has 1 aromatic heterocycles. The number of hydrogen-bond donors (Lipinski definition) is 0. The van der Waals surface area contributed by atoms with Crippen LogP contribution in [-0.4, -0.2) is 77.6 Å². The summed E-state index contributed by atoms with van der Waals surface area (Å²) < 4.78 is 18.9. The Morgan fingerprint density at radius 3 is 1.79 bits per heavy atom. The molecule has 0 amide bonds. The van der Waals surface area contributed by atoms with Crippen LogP contribution in [0.2, 0.25) is 0 Å². The van der Waals surface area contributed by atoms with Crippen LogP contribution in [-0.2, 0) is 0 Å². The third kappa shape index (κ3) is 5.71. The van der Waals surface area contributed by atoms with E-state index in [9.17, 15) is 4.79 Å². The maximum Gasteiger partial charge on any atom is 0.344 e. The molecule has 0 saturated heterocycles. The van der Waals surface area contributed by atoms with Crippen molar-refractivity contribution >= 4 is 21.7 Å². The number of ether oxygens (including phenoxy) is 2. The van der Waals surface area contributed by atoms with Crippen LogP contribution < -0.4 is 15.1 Å². The first-order chi connectivity index (χ1) is 13.5. The van der Waals surface area contributed by atoms with Crippen LogP contribution in [0.3, 0.4) is 0 Å². The summed E-state index contributed by atoms with van der Waals surface area (Å²) in [5.41, 5.74) is 0.164. The molecule has 29 heavy (non-hydrogen) atoms. The number of likely N-dealkylation sites (N-methyl/N-ethyl adjacent to an activating group) is 2. The predicted octanol–water partition coefficient (Wildman–Crippen LogP) is 3.12. The highest BCUT2D eigenvalue weighted by atomic mass is 16.5. The fourth-order valence-electron chi connectivity index (χ4n) is 2.95. The largest absolute Gasteiger partial charge is 0.488 e. The van der Waals surface area contributed by atoms with Crippen molar-refractivity contribution in [2.24, 2.45) is 0 Å². The van der Waals surface area contributed by atoms with Gasteiger partial charge in [0.25, 0.3) is 0 Å². The third-order valence-corrected chi connectivity index (χ3v) is 4.72. The van der Waals surface area contributed by atoms with E-state index in [1.54, 1.807) is 12.1 Å². The smallest absolute Gasteiger partial charge is 0.344 e. The fraction of sp³-hybridized carbons (Fsp3) is 0.435. The van der Waals surface area contributed by atoms with Gasteiger partial charge in [-0.25, -0.2) is 4.79 Å². The van der Waals surface area contributed by atoms with Crippen LogP contribution >= 0.6 is 0 Å². The molecule has 0 aliphatic carbocycles. The molecule has 6 heteroatoms. The van der Waals surface area contributed by atoms with Crippen LogP contribution in [0.15, 0.2) is 45.6 Å². The Hall–Kier alpha value is -2.57. The molecule has 2 aromatic carbocycles. The van der Waals surface area contributed by atoms with Crippen molar-refractivity contribution in [1.82, 2.24) is 0 Å². The van der Waals surface area contributed by atoms with Crippen molar-refractivity contribution in [3.63, 3.8) is 0 Å². The van der Waals surface area contributed by atoms with Crippen LogP contribution in [0.25, 0.3) is 21.7 Å². The summed E-state index contributed by atoms with van der Waals surface area (Å²) in [6, 6.07) is 11.2. The van der Waals surface area contributed by atoms with Gasteiger partial charge < -0.3 is 22.9 Å². The number of rotatable bonds is 8. The van der Waals surface area contributed by atoms with E-state index in [4.69, 9.17) is 13.9 Å². The lowest BCUT2D eigenvalue weighted by Crippen LogP contribution is -2.38. The highest BCUT2D eigenvalue weighted by Gasteiger charge is 2.12. The second kappa shape index (κ2) is 8.05. The highest BCUT2D eigenvalue weighted by Crippen LogP contribution is 2.28. The van der Waals surface area contributed by atoms with E-state index >= 15 is 0 Å². The van der Waals surface area contributed by atoms with Gasteiger partial charge in [0.1, 0.15) is 43.4 Å². The topological polar surface area (TPSA) is 48.7 Å². The van der Waals surface area contributed by atoms with Gasteiger partial charge in [0.2, 0.25) is 0 Å². The summed E-state index contributed by atoms with van der Waals surface area (Å²) in [5, 5.41) is 2.27. The molecule has 0 atom stereocenters. The molecule has 0 fully saturated rings. The number of quaternary nitrogens is 2. The maximum absolute atomic E-state index is 12.6. The molecule has 1 heterocycles. The van der Waals surface area contributed by atoms with Crippen LogP contribution in [0.4, 0.5) is 0 Å². The first kappa shape index (κ1) is 21.1. The molecular formula is C23H32N2O4+2. The molecule has 0 radical (unpaired) electrons. The molecule has 0 aliphatic heterocycles. The monoisotopic (exact) mass is 400 g/mol. The van der Waals surface area contributed by atoms with Gasteiger partial charge in [-0.15, -0.1) is 0 Å². The summed E-state index contributed by atoms with van der Waals surface area (Å²) in [7, 11) is 12.7. The number of fused-ring (bicyclic) bond motifs is 3. The molecular weight excluding hydrogens is 368 g/mol. The average Bonchev–Trinajstić information content (AvgIpc) is 2.60. The Morgan fingerprint density at radius 1 is 0.724 bits per heavy atom. The van der Waals surface area contributed by atoms with Gasteiger partial charge in [-0.2, -0.15) is 0 Å². The van der Waals surface area contributed by atoms with Crippen molar-refractivity contribution in [2.45, 2.75) is 0 Å². The van der Waals surface area contributed by atoms with E-state index in [-0.39, 0.29) is 5.63 Å². The summed E-state index contributed by atoms with van der Waals surface area (Å²) in [6.45, 7) is 2.94. The second-order valence-electron chi connectivity index (χ2n) is 9.48. The Labute approximate surface area is 172 Å². The summed E-state index contributed by atoms with van der Waals surface area (Å²) in [4.78, 5) is 12.6. The van der Waals surface area contributed by atoms with Crippen LogP contribution in [0, 0.1) is 0 Å². The van der Waals surface area contributed by atoms with Gasteiger partial charge in [0, 0.05) is 16.8 Å². The van der Waals surface area contributed by atoms with Crippen molar-refractivity contribution in [3.05, 3.63) is 46.8 Å². The molecule has 0 N–H and O–H groups in total. The fourth-order valence-corrected chi connectivity index (χ4v) is 2.95. The van der Waals surface area contributed by atoms with Crippen LogP contribution in [0.5, 0.6) is 11.5 Å². The lowest BCUT2D eigenvalue weighted by atomic mass is 10.1. The van der Waals surface area contributed by atoms with E-state index in [2.05, 4.69) is 42.3 Å². The molecule has 3 aromatic rings. The number of nitrogens with zero attached hydrogens (tertiary/aromatic N) is 2. The zero-order chi connectivity index (χ0) is 21.2. The molecule has 0 spiro atoms. The lowest BCUT2D eigenvalue weighted by Gasteiger charge is -2.23. The quantitative estimate of drug-likeness (QED) is 0.331. The minimum absolute atomic E-state index is 0.368. The molecule has 0 saturated carbocycles. The SMILES string of the molecule is C[N+](C)(C)CCOc1ccc2c(c1)oc(=O)c1cc(OCC[N+](C)(C)C)ccc12. The maximum atomic E-state index is 12.6. The minimum atomic E-state index is -0.368. The first-order valence-corrected chi connectivity index (χ1v) is 9.89. The van der Waals surface area contributed by atoms with Gasteiger partial charge in [-0.05, 0) is 30.3 Å². The van der Waals surface area contributed by atoms with Gasteiger partial charge in [0.15, 0.2) is 0 Å². The van der Waals surface area contributed by atoms with Gasteiger partial charge >= 0.3 is 5.63 Å². The molecule has 156 valence electrons. The number of hydrogen-bond acceptors (Lipinski definition) is 4. The van der Waals surface area contributed by atoms with Gasteiger partial charge in [-0.1, -0.05) is 0 Å². The Morgan fingerprint density at radius 2 is 1.24 bits per heavy atom. The second-order valence-corrected chi connectivity index (χ2v) is 9.48. The first-order valence-electron chi connectivity index (χ1n) is 9.89. The Kier molecular flexibility index (Phi) is 5.87. The average molecular weight is 401 g/mol. The number of benzene rings is 2. The van der Waals surface area contributed by atoms with E-state index in [0.717, 1.165) is 32.8 Å². The van der Waals surface area contributed by atoms with E-state index in [0.29, 0.717) is 35.7 Å². The van der Waals surface area contributed by atoms with Crippen molar-refractivity contribution in [1.29, 1.82) is 0 Å². The zero-order valence-corrected chi connectivity index (χ0v) is 18.3. The van der Waals surface area contributed by atoms with Crippen molar-refractivity contribution < 1.29 is 22.9 Å². The predicted molar refractivity (Wildman–Crippen MR) is 117 cm³/mol. The van der Waals surface area contributed by atoms with Crippen molar-refractivity contribution in [2.75, 3.05) is 68.6 Å². The van der Waals surface area contributed by atoms with Gasteiger partial charge in [-0.3, -0.25) is 0 Å². The molecule has 0 bridgehead atoms. The lowest BCUT2D eigenvalue weighted by molar-refractivity contribution is -0.870. The normalized spacial score (nSPS) is 12.5. The molecule has 3 rings (SSSR count). The minimum Gasteiger partial charge on any atom is -0.488 e.